The van der Waals surface area contributed by atoms with E-state index < -0.39 is 0 Å². The van der Waals surface area contributed by atoms with Gasteiger partial charge in [-0.05, 0) is 89.8 Å². The predicted octanol–water partition coefficient (Wildman–Crippen LogP) is 14.6. The van der Waals surface area contributed by atoms with Gasteiger partial charge in [0, 0.05) is 13.2 Å². The monoisotopic (exact) mass is 780 g/mol. The highest BCUT2D eigenvalue weighted by atomic mass is 16.5. The minimum atomic E-state index is 0.0619. The van der Waals surface area contributed by atoms with Crippen molar-refractivity contribution in [1.29, 1.82) is 0 Å². The number of carbonyl (C=O) groups is 2. The lowest BCUT2D eigenvalue weighted by Gasteiger charge is -2.22. The minimum Gasteiger partial charge on any atom is -0.468 e. The van der Waals surface area contributed by atoms with E-state index in [0.29, 0.717) is 19.7 Å². The number of esters is 1. The van der Waals surface area contributed by atoms with E-state index in [0.717, 1.165) is 90.1 Å². The summed E-state index contributed by atoms with van der Waals surface area (Å²) in [5.41, 5.74) is 0. The number of rotatable bonds is 47. The van der Waals surface area contributed by atoms with Gasteiger partial charge in [0.15, 0.2) is 0 Å². The molecule has 0 aromatic rings. The van der Waals surface area contributed by atoms with Gasteiger partial charge in [-0.15, -0.1) is 0 Å². The second kappa shape index (κ2) is 45.6. The molecule has 0 spiro atoms. The number of ether oxygens (including phenoxy) is 3. The Balaban J connectivity index is 4.39. The van der Waals surface area contributed by atoms with Gasteiger partial charge in [-0.25, -0.2) is 0 Å². The molecule has 0 bridgehead atoms. The zero-order valence-corrected chi connectivity index (χ0v) is 37.7. The summed E-state index contributed by atoms with van der Waals surface area (Å²) in [7, 11) is 0. The summed E-state index contributed by atoms with van der Waals surface area (Å²) in [4.78, 5) is 26.2. The first kappa shape index (κ1) is 53.9. The molecule has 55 heavy (non-hydrogen) atoms. The fourth-order valence-electron chi connectivity index (χ4n) is 7.88. The van der Waals surface area contributed by atoms with E-state index in [-0.39, 0.29) is 11.9 Å². The van der Waals surface area contributed by atoms with Crippen molar-refractivity contribution < 1.29 is 23.8 Å². The highest BCUT2D eigenvalue weighted by Crippen LogP contribution is 2.22. The molecule has 0 saturated carbocycles. The van der Waals surface area contributed by atoms with Crippen molar-refractivity contribution in [1.82, 2.24) is 4.90 Å². The topological polar surface area (TPSA) is 65.1 Å². The Hall–Kier alpha value is -1.14. The minimum absolute atomic E-state index is 0.0619. The Morgan fingerprint density at radius 1 is 0.455 bits per heavy atom. The second-order valence-corrected chi connectivity index (χ2v) is 17.0. The zero-order chi connectivity index (χ0) is 40.1. The summed E-state index contributed by atoms with van der Waals surface area (Å²) in [6.07, 6.45) is 42.3. The molecular formula is C49H97NO5. The van der Waals surface area contributed by atoms with Crippen LogP contribution in [0.2, 0.25) is 0 Å². The molecule has 2 atom stereocenters. The lowest BCUT2D eigenvalue weighted by Crippen LogP contribution is -2.27. The molecule has 0 aromatic heterocycles. The molecule has 0 heterocycles. The van der Waals surface area contributed by atoms with Crippen LogP contribution in [0.5, 0.6) is 0 Å². The van der Waals surface area contributed by atoms with E-state index in [1.807, 2.05) is 0 Å². The predicted molar refractivity (Wildman–Crippen MR) is 237 cm³/mol. The van der Waals surface area contributed by atoms with E-state index in [4.69, 9.17) is 14.2 Å². The lowest BCUT2D eigenvalue weighted by atomic mass is 9.94. The molecule has 6 nitrogen and oxygen atoms in total. The second-order valence-electron chi connectivity index (χ2n) is 17.0. The number of hydrogen-bond donors (Lipinski definition) is 0. The Bertz CT molecular complexity index is 764. The van der Waals surface area contributed by atoms with Crippen molar-refractivity contribution in [3.63, 3.8) is 0 Å². The first-order valence-corrected chi connectivity index (χ1v) is 24.6. The maximum atomic E-state index is 13.0. The van der Waals surface area contributed by atoms with Crippen molar-refractivity contribution in [2.75, 3.05) is 46.1 Å². The standard InChI is InChI=1S/C49H97NO5/c1-5-9-13-17-19-26-36-47(35-25-15-11-7-3)45-53-42-32-23-21-29-39-50(41-31-34-43-54-46-51)40-30-22-24-33-44-55-49(52)48(37-27-16-12-8-4)38-28-20-18-14-10-6-2/h46-48H,5-45H2,1-4H3. The Morgan fingerprint density at radius 3 is 1.35 bits per heavy atom. The molecule has 0 aliphatic rings. The number of carbonyl (C=O) groups excluding carboxylic acids is 2. The SMILES string of the molecule is CCCCCCCCC(CCCCCC)COCCCCCCN(CCCCCCOC(=O)C(CCCCCC)CCCCCCCC)CCCCOC=O. The molecule has 0 aliphatic carbocycles. The fraction of sp³-hybridized carbons (Fsp3) is 0.959. The van der Waals surface area contributed by atoms with Crippen LogP contribution >= 0.6 is 0 Å². The van der Waals surface area contributed by atoms with Gasteiger partial charge in [-0.1, -0.05) is 182 Å². The van der Waals surface area contributed by atoms with Crippen LogP contribution in [0, 0.1) is 11.8 Å². The van der Waals surface area contributed by atoms with Gasteiger partial charge in [0.1, 0.15) is 0 Å². The summed E-state index contributed by atoms with van der Waals surface area (Å²) in [6, 6.07) is 0. The third-order valence-corrected chi connectivity index (χ3v) is 11.6. The van der Waals surface area contributed by atoms with Crippen LogP contribution in [0.15, 0.2) is 0 Å². The molecule has 0 N–H and O–H groups in total. The van der Waals surface area contributed by atoms with Crippen molar-refractivity contribution in [3.8, 4) is 0 Å². The van der Waals surface area contributed by atoms with Crippen LogP contribution in [-0.2, 0) is 23.8 Å². The molecule has 0 aliphatic heterocycles. The van der Waals surface area contributed by atoms with Crippen molar-refractivity contribution in [3.05, 3.63) is 0 Å². The van der Waals surface area contributed by atoms with E-state index in [2.05, 4.69) is 32.6 Å². The first-order chi connectivity index (χ1) is 27.1. The van der Waals surface area contributed by atoms with Crippen LogP contribution < -0.4 is 0 Å². The van der Waals surface area contributed by atoms with E-state index in [1.165, 1.54) is 167 Å². The maximum Gasteiger partial charge on any atom is 0.308 e. The van der Waals surface area contributed by atoms with Crippen LogP contribution in [-0.4, -0.2) is 63.4 Å². The average Bonchev–Trinajstić information content (AvgIpc) is 3.19. The van der Waals surface area contributed by atoms with Gasteiger partial charge in [0.25, 0.3) is 6.47 Å². The van der Waals surface area contributed by atoms with E-state index in [1.54, 1.807) is 0 Å². The summed E-state index contributed by atoms with van der Waals surface area (Å²) < 4.78 is 17.0. The summed E-state index contributed by atoms with van der Waals surface area (Å²) in [5.74, 6) is 0.908. The largest absolute Gasteiger partial charge is 0.468 e. The van der Waals surface area contributed by atoms with Crippen molar-refractivity contribution >= 4 is 12.4 Å². The molecular weight excluding hydrogens is 683 g/mol. The normalized spacial score (nSPS) is 12.7. The number of hydrogen-bond acceptors (Lipinski definition) is 6. The van der Waals surface area contributed by atoms with Gasteiger partial charge in [0.2, 0.25) is 0 Å². The summed E-state index contributed by atoms with van der Waals surface area (Å²) in [5, 5.41) is 0. The molecule has 0 rings (SSSR count). The summed E-state index contributed by atoms with van der Waals surface area (Å²) in [6.45, 7) is 16.0. The molecule has 0 radical (unpaired) electrons. The molecule has 6 heteroatoms. The van der Waals surface area contributed by atoms with Crippen LogP contribution in [0.25, 0.3) is 0 Å². The molecule has 0 amide bonds. The summed E-state index contributed by atoms with van der Waals surface area (Å²) >= 11 is 0. The highest BCUT2D eigenvalue weighted by Gasteiger charge is 2.19. The highest BCUT2D eigenvalue weighted by molar-refractivity contribution is 5.72. The third-order valence-electron chi connectivity index (χ3n) is 11.6. The van der Waals surface area contributed by atoms with E-state index >= 15 is 0 Å². The Morgan fingerprint density at radius 2 is 0.836 bits per heavy atom. The van der Waals surface area contributed by atoms with Gasteiger partial charge in [-0.3, -0.25) is 9.59 Å². The van der Waals surface area contributed by atoms with Crippen LogP contribution in [0.1, 0.15) is 246 Å². The molecule has 0 aromatic carbocycles. The van der Waals surface area contributed by atoms with Crippen molar-refractivity contribution in [2.45, 2.75) is 246 Å². The number of nitrogens with zero attached hydrogens (tertiary/aromatic N) is 1. The molecule has 0 fully saturated rings. The fourth-order valence-corrected chi connectivity index (χ4v) is 7.88. The van der Waals surface area contributed by atoms with Gasteiger partial charge in [-0.2, -0.15) is 0 Å². The molecule has 0 saturated heterocycles. The lowest BCUT2D eigenvalue weighted by molar-refractivity contribution is -0.149. The maximum absolute atomic E-state index is 13.0. The van der Waals surface area contributed by atoms with Crippen LogP contribution in [0.3, 0.4) is 0 Å². The van der Waals surface area contributed by atoms with Crippen LogP contribution in [0.4, 0.5) is 0 Å². The Labute approximate surface area is 344 Å². The quantitative estimate of drug-likeness (QED) is 0.0348. The van der Waals surface area contributed by atoms with Crippen molar-refractivity contribution in [2.24, 2.45) is 11.8 Å². The molecule has 2 unspecified atom stereocenters. The van der Waals surface area contributed by atoms with Gasteiger partial charge in [0.05, 0.1) is 19.1 Å². The first-order valence-electron chi connectivity index (χ1n) is 24.6. The smallest absolute Gasteiger partial charge is 0.308 e. The average molecular weight is 780 g/mol. The van der Waals surface area contributed by atoms with E-state index in [9.17, 15) is 9.59 Å². The van der Waals surface area contributed by atoms with Gasteiger partial charge < -0.3 is 19.1 Å². The van der Waals surface area contributed by atoms with Gasteiger partial charge >= 0.3 is 5.97 Å². The third kappa shape index (κ3) is 39.5. The molecule has 328 valence electrons. The Kier molecular flexibility index (Phi) is 44.6. The number of unbranched alkanes of at least 4 members (excludes halogenated alkanes) is 23. The zero-order valence-electron chi connectivity index (χ0n) is 37.7.